The molecule has 56 valence electrons. The molecule has 0 aliphatic heterocycles. The number of hydrogen-bond donors (Lipinski definition) is 0. The standard InChI is InChI=1S/C8H3BrClF/c1-2-6-7(10)3-5(9)4-8(6)11/h1,3-4H. The van der Waals surface area contributed by atoms with Crippen molar-refractivity contribution in [3.8, 4) is 12.3 Å². The van der Waals surface area contributed by atoms with Gasteiger partial charge in [0.05, 0.1) is 10.6 Å². The molecule has 0 aliphatic carbocycles. The Bertz CT molecular complexity index is 304. The SMILES string of the molecule is C#Cc1c(F)cc(Br)cc1Cl. The molecule has 0 spiro atoms. The topological polar surface area (TPSA) is 0 Å². The summed E-state index contributed by atoms with van der Waals surface area (Å²) in [6, 6.07) is 2.83. The lowest BCUT2D eigenvalue weighted by Crippen LogP contribution is -1.84. The lowest BCUT2D eigenvalue weighted by atomic mass is 10.2. The molecule has 0 atom stereocenters. The van der Waals surface area contributed by atoms with E-state index in [1.54, 1.807) is 6.07 Å². The van der Waals surface area contributed by atoms with Crippen LogP contribution in [-0.2, 0) is 0 Å². The molecule has 0 saturated carbocycles. The maximum atomic E-state index is 12.9. The van der Waals surface area contributed by atoms with Crippen LogP contribution in [0.3, 0.4) is 0 Å². The first-order valence-electron chi connectivity index (χ1n) is 2.76. The highest BCUT2D eigenvalue weighted by Gasteiger charge is 2.05. The van der Waals surface area contributed by atoms with Crippen LogP contribution in [0.2, 0.25) is 5.02 Å². The van der Waals surface area contributed by atoms with Gasteiger partial charge in [0.1, 0.15) is 5.82 Å². The first-order chi connectivity index (χ1) is 5.15. The summed E-state index contributed by atoms with van der Waals surface area (Å²) in [5, 5.41) is 0.249. The Balaban J connectivity index is 3.40. The number of halogens is 3. The second-order valence-corrected chi connectivity index (χ2v) is 3.21. The van der Waals surface area contributed by atoms with Gasteiger partial charge >= 0.3 is 0 Å². The van der Waals surface area contributed by atoms with Crippen LogP contribution in [0.15, 0.2) is 16.6 Å². The lowest BCUT2D eigenvalue weighted by Gasteiger charge is -1.98. The van der Waals surface area contributed by atoms with Crippen molar-refractivity contribution in [3.05, 3.63) is 33.0 Å². The smallest absolute Gasteiger partial charge is 0.141 e. The Morgan fingerprint density at radius 1 is 1.55 bits per heavy atom. The van der Waals surface area contributed by atoms with Crippen LogP contribution in [0.25, 0.3) is 0 Å². The number of rotatable bonds is 0. The van der Waals surface area contributed by atoms with E-state index in [1.165, 1.54) is 6.07 Å². The van der Waals surface area contributed by atoms with Gasteiger partial charge in [-0.3, -0.25) is 0 Å². The minimum atomic E-state index is -0.480. The third-order valence-corrected chi connectivity index (χ3v) is 1.91. The Hall–Kier alpha value is -0.520. The molecule has 0 saturated heterocycles. The fourth-order valence-electron chi connectivity index (χ4n) is 0.680. The summed E-state index contributed by atoms with van der Waals surface area (Å²) < 4.78 is 13.4. The Kier molecular flexibility index (Phi) is 2.53. The average molecular weight is 233 g/mol. The van der Waals surface area contributed by atoms with Crippen molar-refractivity contribution in [2.75, 3.05) is 0 Å². The molecular formula is C8H3BrClF. The van der Waals surface area contributed by atoms with Crippen molar-refractivity contribution in [2.45, 2.75) is 0 Å². The normalized spacial score (nSPS) is 9.27. The molecule has 0 nitrogen and oxygen atoms in total. The van der Waals surface area contributed by atoms with E-state index in [9.17, 15) is 4.39 Å². The van der Waals surface area contributed by atoms with Crippen molar-refractivity contribution in [1.29, 1.82) is 0 Å². The Labute approximate surface area is 77.5 Å². The molecule has 0 amide bonds. The molecule has 1 aromatic carbocycles. The minimum absolute atomic E-state index is 0.106. The maximum absolute atomic E-state index is 12.9. The van der Waals surface area contributed by atoms with Gasteiger partial charge in [0, 0.05) is 4.47 Å². The van der Waals surface area contributed by atoms with Crippen molar-refractivity contribution < 1.29 is 4.39 Å². The van der Waals surface area contributed by atoms with Crippen LogP contribution >= 0.6 is 27.5 Å². The highest BCUT2D eigenvalue weighted by Crippen LogP contribution is 2.23. The van der Waals surface area contributed by atoms with Crippen molar-refractivity contribution in [3.63, 3.8) is 0 Å². The first-order valence-corrected chi connectivity index (χ1v) is 3.93. The molecular weight excluding hydrogens is 230 g/mol. The molecule has 1 aromatic rings. The van der Waals surface area contributed by atoms with Gasteiger partial charge in [0.25, 0.3) is 0 Å². The highest BCUT2D eigenvalue weighted by molar-refractivity contribution is 9.10. The molecule has 0 heterocycles. The van der Waals surface area contributed by atoms with Crippen LogP contribution in [0, 0.1) is 18.2 Å². The summed E-state index contributed by atoms with van der Waals surface area (Å²) in [4.78, 5) is 0. The van der Waals surface area contributed by atoms with Crippen LogP contribution in [-0.4, -0.2) is 0 Å². The molecule has 0 unspecified atom stereocenters. The average Bonchev–Trinajstić information content (AvgIpc) is 1.85. The van der Waals surface area contributed by atoms with Gasteiger partial charge in [0.15, 0.2) is 0 Å². The maximum Gasteiger partial charge on any atom is 0.141 e. The van der Waals surface area contributed by atoms with Crippen LogP contribution in [0.5, 0.6) is 0 Å². The third kappa shape index (κ3) is 1.74. The zero-order valence-corrected chi connectivity index (χ0v) is 7.71. The van der Waals surface area contributed by atoms with Gasteiger partial charge in [0.2, 0.25) is 0 Å². The predicted molar refractivity (Wildman–Crippen MR) is 47.0 cm³/mol. The summed E-state index contributed by atoms with van der Waals surface area (Å²) in [5.41, 5.74) is 0.106. The monoisotopic (exact) mass is 232 g/mol. The lowest BCUT2D eigenvalue weighted by molar-refractivity contribution is 0.623. The van der Waals surface area contributed by atoms with Crippen LogP contribution in [0.4, 0.5) is 4.39 Å². The molecule has 1 rings (SSSR count). The number of terminal acetylenes is 1. The molecule has 11 heavy (non-hydrogen) atoms. The Morgan fingerprint density at radius 2 is 2.18 bits per heavy atom. The van der Waals surface area contributed by atoms with Gasteiger partial charge in [-0.05, 0) is 12.1 Å². The predicted octanol–water partition coefficient (Wildman–Crippen LogP) is 3.22. The van der Waals surface area contributed by atoms with Gasteiger partial charge in [-0.25, -0.2) is 4.39 Å². The molecule has 0 bridgehead atoms. The fraction of sp³-hybridized carbons (Fsp3) is 0. The largest absolute Gasteiger partial charge is 0.206 e. The van der Waals surface area contributed by atoms with E-state index in [0.717, 1.165) is 0 Å². The highest BCUT2D eigenvalue weighted by atomic mass is 79.9. The summed E-state index contributed by atoms with van der Waals surface area (Å²) in [5.74, 6) is 1.68. The van der Waals surface area contributed by atoms with E-state index in [2.05, 4.69) is 21.9 Å². The second kappa shape index (κ2) is 3.25. The molecule has 0 aliphatic rings. The molecule has 0 fully saturated rings. The van der Waals surface area contributed by atoms with E-state index in [-0.39, 0.29) is 10.6 Å². The van der Waals surface area contributed by atoms with Gasteiger partial charge in [-0.15, -0.1) is 6.42 Å². The summed E-state index contributed by atoms with van der Waals surface area (Å²) >= 11 is 8.71. The quantitative estimate of drug-likeness (QED) is 0.604. The van der Waals surface area contributed by atoms with E-state index in [1.807, 2.05) is 0 Å². The van der Waals surface area contributed by atoms with Gasteiger partial charge in [-0.1, -0.05) is 33.5 Å². The van der Waals surface area contributed by atoms with Crippen LogP contribution < -0.4 is 0 Å². The van der Waals surface area contributed by atoms with Crippen molar-refractivity contribution in [1.82, 2.24) is 0 Å². The third-order valence-electron chi connectivity index (χ3n) is 1.15. The molecule has 0 aromatic heterocycles. The van der Waals surface area contributed by atoms with E-state index in [4.69, 9.17) is 18.0 Å². The minimum Gasteiger partial charge on any atom is -0.206 e. The molecule has 0 N–H and O–H groups in total. The summed E-state index contributed by atoms with van der Waals surface area (Å²) in [6.07, 6.45) is 5.01. The first kappa shape index (κ1) is 8.58. The summed E-state index contributed by atoms with van der Waals surface area (Å²) in [6.45, 7) is 0. The fourth-order valence-corrected chi connectivity index (χ4v) is 1.50. The summed E-state index contributed by atoms with van der Waals surface area (Å²) in [7, 11) is 0. The van der Waals surface area contributed by atoms with Gasteiger partial charge < -0.3 is 0 Å². The number of benzene rings is 1. The zero-order valence-electron chi connectivity index (χ0n) is 5.37. The van der Waals surface area contributed by atoms with E-state index >= 15 is 0 Å². The molecule has 3 heteroatoms. The van der Waals surface area contributed by atoms with Crippen molar-refractivity contribution >= 4 is 27.5 Å². The molecule has 0 radical (unpaired) electrons. The van der Waals surface area contributed by atoms with E-state index < -0.39 is 5.82 Å². The van der Waals surface area contributed by atoms with Crippen molar-refractivity contribution in [2.24, 2.45) is 0 Å². The number of hydrogen-bond acceptors (Lipinski definition) is 0. The second-order valence-electron chi connectivity index (χ2n) is 1.89. The van der Waals surface area contributed by atoms with Gasteiger partial charge in [-0.2, -0.15) is 0 Å². The zero-order chi connectivity index (χ0) is 8.43. The van der Waals surface area contributed by atoms with Crippen LogP contribution in [0.1, 0.15) is 5.56 Å². The van der Waals surface area contributed by atoms with E-state index in [0.29, 0.717) is 4.47 Å². The Morgan fingerprint density at radius 3 is 2.64 bits per heavy atom.